The maximum absolute atomic E-state index is 11.3. The van der Waals surface area contributed by atoms with E-state index in [1.165, 1.54) is 0 Å². The Morgan fingerprint density at radius 2 is 1.25 bits per heavy atom. The number of hydrogen-bond acceptors (Lipinski definition) is 8. The van der Waals surface area contributed by atoms with Gasteiger partial charge in [-0.15, -0.1) is 0 Å². The molecule has 2 aliphatic heterocycles. The zero-order valence-corrected chi connectivity index (χ0v) is 13.6. The fraction of sp³-hybridized carbons (Fsp3) is 0.636. The van der Waals surface area contributed by atoms with Crippen molar-refractivity contribution in [1.29, 1.82) is 0 Å². The fourth-order valence-electron chi connectivity index (χ4n) is 2.29. The third-order valence-corrected chi connectivity index (χ3v) is 3.13. The smallest absolute Gasteiger partial charge is 0.294 e. The predicted octanol–water partition coefficient (Wildman–Crippen LogP) is -3.36. The van der Waals surface area contributed by atoms with Crippen LogP contribution in [0.2, 0.25) is 0 Å². The number of nitrogens with zero attached hydrogens (tertiary/aromatic N) is 2. The minimum absolute atomic E-state index is 0.0892. The number of rotatable bonds is 3. The summed E-state index contributed by atoms with van der Waals surface area (Å²) in [6, 6.07) is -0.0892. The Kier molecular flexibility index (Phi) is 6.92. The Balaban J connectivity index is 0.000000505. The van der Waals surface area contributed by atoms with Crippen LogP contribution in [0.3, 0.4) is 0 Å². The van der Waals surface area contributed by atoms with Crippen molar-refractivity contribution in [3.05, 3.63) is 0 Å². The van der Waals surface area contributed by atoms with Crippen molar-refractivity contribution in [2.75, 3.05) is 32.7 Å². The lowest BCUT2D eigenvalue weighted by atomic mass is 10.2. The van der Waals surface area contributed by atoms with E-state index in [4.69, 9.17) is 17.5 Å². The van der Waals surface area contributed by atoms with Crippen LogP contribution in [0.1, 0.15) is 6.92 Å². The second kappa shape index (κ2) is 8.25. The summed E-state index contributed by atoms with van der Waals surface area (Å²) < 4.78 is 31.6. The number of carbonyl (C=O) groups excluding carboxylic acids is 4. The van der Waals surface area contributed by atoms with E-state index in [9.17, 15) is 19.2 Å². The number of piperazine rings is 2. The van der Waals surface area contributed by atoms with Gasteiger partial charge in [0.2, 0.25) is 23.6 Å². The molecule has 24 heavy (non-hydrogen) atoms. The van der Waals surface area contributed by atoms with E-state index in [1.54, 1.807) is 9.80 Å². The summed E-state index contributed by atoms with van der Waals surface area (Å²) >= 11 is 0. The molecule has 0 unspecified atom stereocenters. The molecule has 136 valence electrons. The van der Waals surface area contributed by atoms with Gasteiger partial charge >= 0.3 is 10.4 Å². The highest BCUT2D eigenvalue weighted by molar-refractivity contribution is 7.79. The van der Waals surface area contributed by atoms with Crippen LogP contribution in [0.4, 0.5) is 0 Å². The summed E-state index contributed by atoms with van der Waals surface area (Å²) in [5.74, 6) is -1.29. The first-order chi connectivity index (χ1) is 10.9. The molecule has 0 spiro atoms. The molecule has 0 aromatic rings. The highest BCUT2D eigenvalue weighted by atomic mass is 32.3. The molecular weight excluding hydrogens is 348 g/mol. The molecule has 0 aromatic heterocycles. The summed E-state index contributed by atoms with van der Waals surface area (Å²) in [6.07, 6.45) is 0. The minimum Gasteiger partial charge on any atom is -0.294 e. The third-order valence-electron chi connectivity index (χ3n) is 3.13. The van der Waals surface area contributed by atoms with Gasteiger partial charge in [-0.3, -0.25) is 48.7 Å². The van der Waals surface area contributed by atoms with Gasteiger partial charge in [0.25, 0.3) is 0 Å². The molecule has 12 nitrogen and oxygen atoms in total. The number of hydrogen-bond donors (Lipinski definition) is 4. The van der Waals surface area contributed by atoms with Gasteiger partial charge in [0.1, 0.15) is 0 Å². The maximum Gasteiger partial charge on any atom is 0.394 e. The summed E-state index contributed by atoms with van der Waals surface area (Å²) in [6.45, 7) is 2.94. The molecule has 4 amide bonds. The highest BCUT2D eigenvalue weighted by Crippen LogP contribution is 2.06. The molecular formula is C11H18N4O8S. The topological polar surface area (TPSA) is 173 Å². The average molecular weight is 366 g/mol. The third kappa shape index (κ3) is 8.07. The van der Waals surface area contributed by atoms with Gasteiger partial charge in [-0.25, -0.2) is 0 Å². The maximum atomic E-state index is 11.3. The molecule has 2 saturated heterocycles. The molecule has 2 aliphatic rings. The van der Waals surface area contributed by atoms with E-state index in [0.29, 0.717) is 6.54 Å². The Hall–Kier alpha value is -1.93. The summed E-state index contributed by atoms with van der Waals surface area (Å²) in [5.41, 5.74) is 0. The van der Waals surface area contributed by atoms with Gasteiger partial charge in [0.15, 0.2) is 0 Å². The second-order valence-electron chi connectivity index (χ2n) is 5.31. The molecule has 0 bridgehead atoms. The quantitative estimate of drug-likeness (QED) is 0.292. The molecule has 4 N–H and O–H groups in total. The number of amides is 4. The van der Waals surface area contributed by atoms with Crippen LogP contribution in [0, 0.1) is 0 Å². The Morgan fingerprint density at radius 3 is 1.62 bits per heavy atom. The normalized spacial score (nSPS) is 21.5. The van der Waals surface area contributed by atoms with Crippen LogP contribution in [0.25, 0.3) is 0 Å². The molecule has 0 aromatic carbocycles. The van der Waals surface area contributed by atoms with Crippen LogP contribution < -0.4 is 10.6 Å². The van der Waals surface area contributed by atoms with Crippen LogP contribution >= 0.6 is 0 Å². The van der Waals surface area contributed by atoms with Crippen molar-refractivity contribution in [1.82, 2.24) is 20.4 Å². The van der Waals surface area contributed by atoms with E-state index in [2.05, 4.69) is 10.6 Å². The molecule has 0 saturated carbocycles. The Labute approximate surface area is 137 Å². The van der Waals surface area contributed by atoms with Crippen LogP contribution in [-0.2, 0) is 29.6 Å². The predicted molar refractivity (Wildman–Crippen MR) is 78.0 cm³/mol. The molecule has 2 fully saturated rings. The lowest BCUT2D eigenvalue weighted by molar-refractivity contribution is -0.140. The van der Waals surface area contributed by atoms with Crippen LogP contribution in [0.5, 0.6) is 0 Å². The van der Waals surface area contributed by atoms with E-state index in [-0.39, 0.29) is 55.8 Å². The van der Waals surface area contributed by atoms with Gasteiger partial charge in [-0.2, -0.15) is 8.42 Å². The zero-order valence-electron chi connectivity index (χ0n) is 12.8. The molecule has 0 radical (unpaired) electrons. The Morgan fingerprint density at radius 1 is 0.917 bits per heavy atom. The van der Waals surface area contributed by atoms with E-state index in [0.717, 1.165) is 0 Å². The first kappa shape index (κ1) is 20.1. The van der Waals surface area contributed by atoms with Gasteiger partial charge in [-0.05, 0) is 6.92 Å². The second-order valence-corrected chi connectivity index (χ2v) is 6.21. The highest BCUT2D eigenvalue weighted by Gasteiger charge is 2.29. The van der Waals surface area contributed by atoms with Crippen molar-refractivity contribution in [3.8, 4) is 0 Å². The van der Waals surface area contributed by atoms with Crippen molar-refractivity contribution in [3.63, 3.8) is 0 Å². The number of imide groups is 2. The largest absolute Gasteiger partial charge is 0.394 e. The monoisotopic (exact) mass is 366 g/mol. The fourth-order valence-corrected chi connectivity index (χ4v) is 2.29. The van der Waals surface area contributed by atoms with Gasteiger partial charge in [0.05, 0.1) is 26.2 Å². The van der Waals surface area contributed by atoms with E-state index >= 15 is 0 Å². The van der Waals surface area contributed by atoms with Gasteiger partial charge in [0, 0.05) is 12.6 Å². The number of nitrogens with one attached hydrogen (secondary N) is 2. The van der Waals surface area contributed by atoms with Gasteiger partial charge < -0.3 is 0 Å². The Bertz CT molecular complexity index is 594. The van der Waals surface area contributed by atoms with Crippen molar-refractivity contribution >= 4 is 34.0 Å². The minimum atomic E-state index is -4.67. The zero-order chi connectivity index (χ0) is 18.5. The van der Waals surface area contributed by atoms with E-state index in [1.807, 2.05) is 6.92 Å². The molecule has 13 heteroatoms. The summed E-state index contributed by atoms with van der Waals surface area (Å²) in [5, 5.41) is 4.46. The van der Waals surface area contributed by atoms with Gasteiger partial charge in [-0.1, -0.05) is 0 Å². The average Bonchev–Trinajstić information content (AvgIpc) is 2.33. The standard InChI is InChI=1S/C11H16N4O4.H2O4S/c1-7(15-5-10(18)13-11(19)6-15)2-14-3-8(16)12-9(17)4-14;1-5(2,3)4/h7H,2-6H2,1H3,(H,12,16,17)(H,13,18,19);(H2,1,2,3,4)/t7-;/m0./s1. The molecule has 1 atom stereocenters. The molecule has 2 rings (SSSR count). The first-order valence-electron chi connectivity index (χ1n) is 6.75. The molecule has 2 heterocycles. The lowest BCUT2D eigenvalue weighted by Gasteiger charge is -2.35. The van der Waals surface area contributed by atoms with Crippen LogP contribution in [-0.4, -0.2) is 89.7 Å². The summed E-state index contributed by atoms with van der Waals surface area (Å²) in [7, 11) is -4.67. The summed E-state index contributed by atoms with van der Waals surface area (Å²) in [4.78, 5) is 48.5. The van der Waals surface area contributed by atoms with Crippen molar-refractivity contribution < 1.29 is 36.7 Å². The lowest BCUT2D eigenvalue weighted by Crippen LogP contribution is -2.58. The van der Waals surface area contributed by atoms with E-state index < -0.39 is 10.4 Å². The van der Waals surface area contributed by atoms with Crippen LogP contribution in [0.15, 0.2) is 0 Å². The SMILES string of the molecule is C[C@@H](CN1CC(=O)NC(=O)C1)N1CC(=O)NC(=O)C1.O=S(=O)(O)O. The molecule has 0 aliphatic carbocycles. The van der Waals surface area contributed by atoms with Crippen molar-refractivity contribution in [2.45, 2.75) is 13.0 Å². The van der Waals surface area contributed by atoms with Crippen molar-refractivity contribution in [2.24, 2.45) is 0 Å². The first-order valence-corrected chi connectivity index (χ1v) is 8.15. The number of carbonyl (C=O) groups is 4.